The predicted octanol–water partition coefficient (Wildman–Crippen LogP) is 5.44. The Kier molecular flexibility index (Phi) is 4.99. The summed E-state index contributed by atoms with van der Waals surface area (Å²) in [5, 5.41) is 12.3. The van der Waals surface area contributed by atoms with E-state index in [0.717, 1.165) is 11.3 Å². The monoisotopic (exact) mass is 378 g/mol. The Morgan fingerprint density at radius 2 is 2.21 bits per heavy atom. The van der Waals surface area contributed by atoms with E-state index in [0.29, 0.717) is 26.2 Å². The summed E-state index contributed by atoms with van der Waals surface area (Å²) in [5.41, 5.74) is 1.57. The number of furan rings is 1. The lowest BCUT2D eigenvalue weighted by molar-refractivity contribution is 0.557. The third-order valence-corrected chi connectivity index (χ3v) is 3.92. The number of benzene rings is 1. The molecule has 0 bridgehead atoms. The zero-order valence-electron chi connectivity index (χ0n) is 12.5. The topological polar surface area (TPSA) is 59.1 Å². The van der Waals surface area contributed by atoms with Gasteiger partial charge < -0.3 is 4.42 Å². The summed E-state index contributed by atoms with van der Waals surface area (Å²) in [6, 6.07) is 8.83. The van der Waals surface area contributed by atoms with E-state index in [1.165, 1.54) is 4.68 Å². The van der Waals surface area contributed by atoms with E-state index in [4.69, 9.17) is 39.8 Å². The van der Waals surface area contributed by atoms with E-state index in [-0.39, 0.29) is 0 Å². The van der Waals surface area contributed by atoms with E-state index in [1.807, 2.05) is 25.1 Å². The summed E-state index contributed by atoms with van der Waals surface area (Å²) in [6.45, 7) is 1.91. The zero-order chi connectivity index (χ0) is 17.1. The Bertz CT molecular complexity index is 970. The lowest BCUT2D eigenvalue weighted by Gasteiger charge is -2.04. The quantitative estimate of drug-likeness (QED) is 0.485. The van der Waals surface area contributed by atoms with Gasteiger partial charge in [0.05, 0.1) is 17.5 Å². The molecule has 2 heterocycles. The molecule has 1 N–H and O–H groups in total. The number of nitrogens with one attached hydrogen (secondary N) is 1. The second-order valence-electron chi connectivity index (χ2n) is 4.94. The molecule has 0 saturated carbocycles. The second kappa shape index (κ2) is 7.17. The van der Waals surface area contributed by atoms with Gasteiger partial charge in [0.25, 0.3) is 0 Å². The number of H-pyrrole nitrogens is 1. The van der Waals surface area contributed by atoms with Gasteiger partial charge in [0.15, 0.2) is 5.82 Å². The molecule has 0 aliphatic carbocycles. The van der Waals surface area contributed by atoms with E-state index in [2.05, 4.69) is 15.3 Å². The van der Waals surface area contributed by atoms with Crippen molar-refractivity contribution in [3.63, 3.8) is 0 Å². The number of hydrogen-bond donors (Lipinski definition) is 1. The van der Waals surface area contributed by atoms with Gasteiger partial charge in [0, 0.05) is 10.6 Å². The minimum absolute atomic E-state index is 0.359. The first kappa shape index (κ1) is 16.7. The highest BCUT2D eigenvalue weighted by atomic mass is 35.5. The Hall–Kier alpha value is -2.15. The van der Waals surface area contributed by atoms with Crippen molar-refractivity contribution in [1.82, 2.24) is 14.9 Å². The third-order valence-electron chi connectivity index (χ3n) is 3.11. The molecule has 5 nitrogen and oxygen atoms in total. The predicted molar refractivity (Wildman–Crippen MR) is 99.1 cm³/mol. The van der Waals surface area contributed by atoms with Crippen LogP contribution in [0.4, 0.5) is 0 Å². The van der Waals surface area contributed by atoms with Gasteiger partial charge in [-0.15, -0.1) is 0 Å². The average molecular weight is 379 g/mol. The van der Waals surface area contributed by atoms with Gasteiger partial charge in [-0.25, -0.2) is 5.10 Å². The number of nitrogens with zero attached hydrogens (tertiary/aromatic N) is 3. The van der Waals surface area contributed by atoms with Crippen LogP contribution >= 0.6 is 35.4 Å². The van der Waals surface area contributed by atoms with E-state index >= 15 is 0 Å². The van der Waals surface area contributed by atoms with Gasteiger partial charge in [-0.3, -0.25) is 0 Å². The first-order chi connectivity index (χ1) is 11.5. The fourth-order valence-electron chi connectivity index (χ4n) is 2.03. The van der Waals surface area contributed by atoms with Crippen LogP contribution in [0.25, 0.3) is 17.5 Å². The summed E-state index contributed by atoms with van der Waals surface area (Å²) in [7, 11) is 0. The lowest BCUT2D eigenvalue weighted by Crippen LogP contribution is -1.95. The zero-order valence-corrected chi connectivity index (χ0v) is 14.9. The van der Waals surface area contributed by atoms with Crippen molar-refractivity contribution < 1.29 is 4.42 Å². The van der Waals surface area contributed by atoms with Crippen LogP contribution in [0, 0.1) is 4.77 Å². The molecule has 0 aliphatic rings. The van der Waals surface area contributed by atoms with Crippen molar-refractivity contribution in [2.45, 2.75) is 6.92 Å². The molecule has 0 saturated heterocycles. The van der Waals surface area contributed by atoms with Crippen LogP contribution in [0.5, 0.6) is 0 Å². The first-order valence-electron chi connectivity index (χ1n) is 6.93. The number of rotatable bonds is 4. The minimum Gasteiger partial charge on any atom is -0.465 e. The first-order valence-corrected chi connectivity index (χ1v) is 8.10. The smallest absolute Gasteiger partial charge is 0.216 e. The van der Waals surface area contributed by atoms with Crippen LogP contribution in [0.3, 0.4) is 0 Å². The summed E-state index contributed by atoms with van der Waals surface area (Å²) in [6.07, 6.45) is 5.15. The maximum Gasteiger partial charge on any atom is 0.216 e. The van der Waals surface area contributed by atoms with Crippen molar-refractivity contribution in [2.24, 2.45) is 5.10 Å². The lowest BCUT2D eigenvalue weighted by atomic mass is 10.2. The maximum atomic E-state index is 6.24. The molecule has 122 valence electrons. The van der Waals surface area contributed by atoms with Gasteiger partial charge >= 0.3 is 0 Å². The highest BCUT2D eigenvalue weighted by molar-refractivity contribution is 7.71. The highest BCUT2D eigenvalue weighted by Crippen LogP contribution is 2.29. The van der Waals surface area contributed by atoms with Crippen LogP contribution in [0.1, 0.15) is 12.7 Å². The molecule has 3 aromatic rings. The van der Waals surface area contributed by atoms with Crippen LogP contribution in [0.15, 0.2) is 51.7 Å². The van der Waals surface area contributed by atoms with Crippen LogP contribution in [-0.4, -0.2) is 21.1 Å². The molecule has 1 aromatic carbocycles. The van der Waals surface area contributed by atoms with E-state index in [1.54, 1.807) is 30.7 Å². The molecule has 0 fully saturated rings. The molecule has 24 heavy (non-hydrogen) atoms. The SMILES string of the molecule is CC(/C=N/n1c(-c2ccc(Cl)cc2Cl)n[nH]c1=S)=C\c1ccco1. The molecule has 0 atom stereocenters. The molecule has 3 rings (SSSR count). The van der Waals surface area contributed by atoms with Crippen LogP contribution < -0.4 is 0 Å². The Balaban J connectivity index is 1.96. The highest BCUT2D eigenvalue weighted by Gasteiger charge is 2.12. The molecule has 8 heteroatoms. The van der Waals surface area contributed by atoms with E-state index in [9.17, 15) is 0 Å². The van der Waals surface area contributed by atoms with Crippen molar-refractivity contribution in [1.29, 1.82) is 0 Å². The van der Waals surface area contributed by atoms with Gasteiger partial charge in [-0.2, -0.15) is 14.9 Å². The molecular formula is C16H12Cl2N4OS. The van der Waals surface area contributed by atoms with Crippen molar-refractivity contribution in [2.75, 3.05) is 0 Å². The fraction of sp³-hybridized carbons (Fsp3) is 0.0625. The average Bonchev–Trinajstić information content (AvgIpc) is 3.15. The number of halogens is 2. The second-order valence-corrected chi connectivity index (χ2v) is 6.17. The van der Waals surface area contributed by atoms with Gasteiger partial charge in [0.1, 0.15) is 5.76 Å². The number of aromatic amines is 1. The summed E-state index contributed by atoms with van der Waals surface area (Å²) < 4.78 is 7.13. The molecule has 0 unspecified atom stereocenters. The largest absolute Gasteiger partial charge is 0.465 e. The summed E-state index contributed by atoms with van der Waals surface area (Å²) >= 11 is 17.4. The van der Waals surface area contributed by atoms with Crippen LogP contribution in [0.2, 0.25) is 10.0 Å². The van der Waals surface area contributed by atoms with Crippen LogP contribution in [-0.2, 0) is 0 Å². The Labute approximate surface area is 153 Å². The molecule has 2 aromatic heterocycles. The third kappa shape index (κ3) is 3.67. The van der Waals surface area contributed by atoms with Gasteiger partial charge in [-0.1, -0.05) is 23.2 Å². The Morgan fingerprint density at radius 1 is 1.38 bits per heavy atom. The number of aromatic nitrogens is 3. The number of hydrogen-bond acceptors (Lipinski definition) is 4. The van der Waals surface area contributed by atoms with Crippen molar-refractivity contribution in [3.05, 3.63) is 62.7 Å². The minimum atomic E-state index is 0.359. The van der Waals surface area contributed by atoms with Gasteiger partial charge in [-0.05, 0) is 61.1 Å². The summed E-state index contributed by atoms with van der Waals surface area (Å²) in [5.74, 6) is 1.25. The molecule has 0 aliphatic heterocycles. The van der Waals surface area contributed by atoms with Crippen molar-refractivity contribution >= 4 is 47.7 Å². The molecule has 0 spiro atoms. The number of allylic oxidation sites excluding steroid dienone is 1. The fourth-order valence-corrected chi connectivity index (χ4v) is 2.70. The Morgan fingerprint density at radius 3 is 2.92 bits per heavy atom. The van der Waals surface area contributed by atoms with Crippen molar-refractivity contribution in [3.8, 4) is 11.4 Å². The van der Waals surface area contributed by atoms with E-state index < -0.39 is 0 Å². The standard InChI is InChI=1S/C16H12Cl2N4OS/c1-10(7-12-3-2-6-23-12)9-19-22-15(20-21-16(22)24)13-5-4-11(17)8-14(13)18/h2-9H,1H3,(H,21,24)/b10-7+,19-9+. The van der Waals surface area contributed by atoms with Gasteiger partial charge in [0.2, 0.25) is 4.77 Å². The summed E-state index contributed by atoms with van der Waals surface area (Å²) in [4.78, 5) is 0. The molecular weight excluding hydrogens is 367 g/mol. The normalized spacial score (nSPS) is 12.2. The molecule has 0 amide bonds. The molecule has 0 radical (unpaired) electrons. The maximum absolute atomic E-state index is 6.24.